The van der Waals surface area contributed by atoms with Crippen molar-refractivity contribution in [3.05, 3.63) is 58.5 Å². The Bertz CT molecular complexity index is 1240. The number of aromatic amines is 1. The maximum atomic E-state index is 14.2. The molecule has 4 atom stereocenters. The summed E-state index contributed by atoms with van der Waals surface area (Å²) in [7, 11) is 0. The summed E-state index contributed by atoms with van der Waals surface area (Å²) in [6, 6.07) is 4.25. The van der Waals surface area contributed by atoms with Crippen molar-refractivity contribution in [2.75, 3.05) is 13.2 Å². The number of rotatable bonds is 8. The zero-order valence-electron chi connectivity index (χ0n) is 20.6. The summed E-state index contributed by atoms with van der Waals surface area (Å²) in [4.78, 5) is 3.39. The molecule has 0 spiro atoms. The summed E-state index contributed by atoms with van der Waals surface area (Å²) in [6.45, 7) is 6.75. The Balaban J connectivity index is 1.86. The third kappa shape index (κ3) is 5.42. The van der Waals surface area contributed by atoms with Crippen LogP contribution in [0.4, 0.5) is 8.78 Å². The standard InChI is InChI=1S/C27H35ClF2N4O/c1-4-7-18(11-9-16(2)29)33-26-24(35-15-19-8-5-6-13-32-19)23-22(25(28)27(26,3)31)20-14-17(30)10-12-21(20)34-23/h7,9-12,14,16,19,26,32-34H,4-6,8,13,15,31H2,1-3H3/b11-9-,18-7+/t16?,19-,26?,27?/m1/s1. The minimum Gasteiger partial charge on any atom is -0.492 e. The number of ether oxygens (including phenoxy) is 1. The molecule has 2 aromatic rings. The van der Waals surface area contributed by atoms with Gasteiger partial charge in [0.15, 0.2) is 0 Å². The number of aromatic nitrogens is 1. The Kier molecular flexibility index (Phi) is 7.89. The van der Waals surface area contributed by atoms with Crippen LogP contribution in [0, 0.1) is 5.82 Å². The SMILES string of the molecule is CC/C=C(\C=C/C(C)F)NC1C(OC[C@H]2CCCCN2)=c2[nH]c3ccc(F)cc3c2=C(Cl)C1(C)N. The van der Waals surface area contributed by atoms with Crippen LogP contribution in [0.1, 0.15) is 46.5 Å². The van der Waals surface area contributed by atoms with E-state index in [1.807, 2.05) is 19.9 Å². The van der Waals surface area contributed by atoms with Crippen LogP contribution in [0.2, 0.25) is 0 Å². The molecule has 1 aromatic carbocycles. The average molecular weight is 505 g/mol. The van der Waals surface area contributed by atoms with Gasteiger partial charge in [-0.15, -0.1) is 0 Å². The number of benzene rings is 1. The molecule has 2 aliphatic rings. The molecule has 35 heavy (non-hydrogen) atoms. The fraction of sp³-hybridized carbons (Fsp3) is 0.481. The molecule has 8 heteroatoms. The number of piperidine rings is 1. The second-order valence-corrected chi connectivity index (χ2v) is 10.0. The quantitative estimate of drug-likeness (QED) is 0.412. The zero-order valence-corrected chi connectivity index (χ0v) is 21.3. The van der Waals surface area contributed by atoms with Crippen LogP contribution in [-0.2, 0) is 4.74 Å². The molecule has 0 bridgehead atoms. The van der Waals surface area contributed by atoms with Crippen LogP contribution in [0.3, 0.4) is 0 Å². The lowest BCUT2D eigenvalue weighted by Gasteiger charge is -2.39. The maximum absolute atomic E-state index is 14.2. The lowest BCUT2D eigenvalue weighted by atomic mass is 9.86. The number of hydrogen-bond donors (Lipinski definition) is 4. The van der Waals surface area contributed by atoms with Gasteiger partial charge in [0.05, 0.1) is 15.9 Å². The second-order valence-electron chi connectivity index (χ2n) is 9.67. The first-order chi connectivity index (χ1) is 16.7. The van der Waals surface area contributed by atoms with Crippen molar-refractivity contribution in [1.29, 1.82) is 0 Å². The van der Waals surface area contributed by atoms with E-state index in [-0.39, 0.29) is 11.9 Å². The molecule has 2 heterocycles. The van der Waals surface area contributed by atoms with Crippen molar-refractivity contribution in [2.45, 2.75) is 70.2 Å². The molecular weight excluding hydrogens is 470 g/mol. The molecule has 4 rings (SSSR count). The van der Waals surface area contributed by atoms with Gasteiger partial charge in [0, 0.05) is 27.9 Å². The molecular formula is C27H35ClF2N4O. The molecule has 5 N–H and O–H groups in total. The lowest BCUT2D eigenvalue weighted by Crippen LogP contribution is -2.62. The summed E-state index contributed by atoms with van der Waals surface area (Å²) >= 11 is 6.94. The van der Waals surface area contributed by atoms with E-state index in [4.69, 9.17) is 22.1 Å². The van der Waals surface area contributed by atoms with Gasteiger partial charge in [0.2, 0.25) is 0 Å². The topological polar surface area (TPSA) is 75.1 Å². The number of H-pyrrole nitrogens is 1. The normalized spacial score (nSPS) is 26.3. The van der Waals surface area contributed by atoms with Crippen LogP contribution in [0.25, 0.3) is 21.7 Å². The summed E-state index contributed by atoms with van der Waals surface area (Å²) < 4.78 is 34.3. The van der Waals surface area contributed by atoms with Gasteiger partial charge in [0.25, 0.3) is 0 Å². The highest BCUT2D eigenvalue weighted by atomic mass is 35.5. The van der Waals surface area contributed by atoms with Crippen molar-refractivity contribution in [3.63, 3.8) is 0 Å². The third-order valence-corrected chi connectivity index (χ3v) is 7.29. The van der Waals surface area contributed by atoms with Gasteiger partial charge >= 0.3 is 0 Å². The van der Waals surface area contributed by atoms with Crippen molar-refractivity contribution in [3.8, 4) is 0 Å². The molecule has 190 valence electrons. The van der Waals surface area contributed by atoms with Gasteiger partial charge < -0.3 is 26.1 Å². The molecule has 1 saturated heterocycles. The molecule has 0 radical (unpaired) electrons. The first-order valence-corrected chi connectivity index (χ1v) is 12.8. The smallest absolute Gasteiger partial charge is 0.145 e. The van der Waals surface area contributed by atoms with Crippen molar-refractivity contribution >= 4 is 33.3 Å². The molecule has 0 saturated carbocycles. The predicted octanol–water partition coefficient (Wildman–Crippen LogP) is 3.82. The highest BCUT2D eigenvalue weighted by Gasteiger charge is 2.42. The number of hydrogen-bond acceptors (Lipinski definition) is 4. The molecule has 0 amide bonds. The molecule has 1 aliphatic carbocycles. The van der Waals surface area contributed by atoms with E-state index in [0.29, 0.717) is 33.4 Å². The summed E-state index contributed by atoms with van der Waals surface area (Å²) in [5.74, 6) is 0.261. The molecule has 1 fully saturated rings. The number of alkyl halides is 1. The Morgan fingerprint density at radius 3 is 2.89 bits per heavy atom. The second kappa shape index (κ2) is 10.7. The highest BCUT2D eigenvalue weighted by Crippen LogP contribution is 2.31. The number of nitrogens with two attached hydrogens (primary N) is 1. The number of nitrogens with one attached hydrogen (secondary N) is 3. The zero-order chi connectivity index (χ0) is 25.2. The number of fused-ring (bicyclic) bond motifs is 3. The van der Waals surface area contributed by atoms with E-state index in [0.717, 1.165) is 43.4 Å². The first-order valence-electron chi connectivity index (χ1n) is 12.4. The van der Waals surface area contributed by atoms with Crippen LogP contribution >= 0.6 is 11.6 Å². The van der Waals surface area contributed by atoms with Crippen molar-refractivity contribution in [1.82, 2.24) is 15.6 Å². The number of allylic oxidation sites excluding steroid dienone is 3. The number of halogens is 3. The molecule has 3 unspecified atom stereocenters. The largest absolute Gasteiger partial charge is 0.492 e. The highest BCUT2D eigenvalue weighted by molar-refractivity contribution is 6.47. The van der Waals surface area contributed by atoms with E-state index < -0.39 is 17.8 Å². The average Bonchev–Trinajstić information content (AvgIpc) is 3.19. The van der Waals surface area contributed by atoms with E-state index >= 15 is 0 Å². The van der Waals surface area contributed by atoms with E-state index in [9.17, 15) is 8.78 Å². The lowest BCUT2D eigenvalue weighted by molar-refractivity contribution is 0.186. The Morgan fingerprint density at radius 1 is 1.40 bits per heavy atom. The van der Waals surface area contributed by atoms with Gasteiger partial charge in [-0.2, -0.15) is 0 Å². The molecule has 1 aromatic heterocycles. The molecule has 1 aliphatic heterocycles. The molecule has 5 nitrogen and oxygen atoms in total. The predicted molar refractivity (Wildman–Crippen MR) is 139 cm³/mol. The summed E-state index contributed by atoms with van der Waals surface area (Å²) in [6.07, 6.45) is 8.17. The van der Waals surface area contributed by atoms with Gasteiger partial charge in [0.1, 0.15) is 30.4 Å². The van der Waals surface area contributed by atoms with Crippen LogP contribution in [0.15, 0.2) is 42.1 Å². The minimum atomic E-state index is -1.09. The first kappa shape index (κ1) is 25.7. The Hall–Kier alpha value is -2.35. The van der Waals surface area contributed by atoms with Crippen molar-refractivity contribution in [2.24, 2.45) is 5.73 Å². The van der Waals surface area contributed by atoms with E-state index in [1.165, 1.54) is 25.1 Å². The third-order valence-electron chi connectivity index (χ3n) is 6.69. The summed E-state index contributed by atoms with van der Waals surface area (Å²) in [5.41, 5.74) is 7.29. The fourth-order valence-electron chi connectivity index (χ4n) is 4.82. The minimum absolute atomic E-state index is 0.227. The van der Waals surface area contributed by atoms with E-state index in [1.54, 1.807) is 12.1 Å². The Morgan fingerprint density at radius 2 is 2.20 bits per heavy atom. The van der Waals surface area contributed by atoms with Crippen molar-refractivity contribution < 1.29 is 13.5 Å². The van der Waals surface area contributed by atoms with Gasteiger partial charge in [-0.1, -0.05) is 31.0 Å². The van der Waals surface area contributed by atoms with Crippen LogP contribution in [-0.4, -0.2) is 41.9 Å². The maximum Gasteiger partial charge on any atom is 0.145 e. The van der Waals surface area contributed by atoms with Gasteiger partial charge in [-0.05, 0) is 70.0 Å². The van der Waals surface area contributed by atoms with Gasteiger partial charge in [-0.25, -0.2) is 8.78 Å². The monoisotopic (exact) mass is 504 g/mol. The fourth-order valence-corrected chi connectivity index (χ4v) is 5.12. The Labute approximate surface area is 210 Å². The van der Waals surface area contributed by atoms with Gasteiger partial charge in [-0.3, -0.25) is 0 Å². The van der Waals surface area contributed by atoms with Crippen LogP contribution < -0.4 is 26.9 Å². The summed E-state index contributed by atoms with van der Waals surface area (Å²) in [5, 5.41) is 9.39. The van der Waals surface area contributed by atoms with E-state index in [2.05, 4.69) is 15.6 Å². The van der Waals surface area contributed by atoms with Crippen LogP contribution in [0.5, 0.6) is 0 Å².